The smallest absolute Gasteiger partial charge is 0.225 e. The number of nitrogens with one attached hydrogen (secondary N) is 1. The zero-order chi connectivity index (χ0) is 19.5. The van der Waals surface area contributed by atoms with Crippen molar-refractivity contribution in [3.8, 4) is 5.69 Å². The van der Waals surface area contributed by atoms with Gasteiger partial charge in [0.1, 0.15) is 0 Å². The maximum atomic E-state index is 5.99. The molecule has 2 heterocycles. The second kappa shape index (κ2) is 7.73. The van der Waals surface area contributed by atoms with Crippen molar-refractivity contribution in [1.82, 2.24) is 25.0 Å². The summed E-state index contributed by atoms with van der Waals surface area (Å²) in [5.41, 5.74) is 15.6. The van der Waals surface area contributed by atoms with Crippen molar-refractivity contribution in [2.24, 2.45) is 16.5 Å². The van der Waals surface area contributed by atoms with Gasteiger partial charge in [-0.05, 0) is 37.0 Å². The minimum absolute atomic E-state index is 0.247. The van der Waals surface area contributed by atoms with Crippen molar-refractivity contribution < 1.29 is 0 Å². The van der Waals surface area contributed by atoms with E-state index in [2.05, 4.69) is 30.6 Å². The van der Waals surface area contributed by atoms with Gasteiger partial charge in [-0.25, -0.2) is 4.98 Å². The molecule has 9 heteroatoms. The molecule has 1 saturated carbocycles. The summed E-state index contributed by atoms with van der Waals surface area (Å²) in [6.45, 7) is 0. The van der Waals surface area contributed by atoms with E-state index in [9.17, 15) is 0 Å². The first-order valence-corrected chi connectivity index (χ1v) is 9.23. The number of benzene rings is 1. The quantitative estimate of drug-likeness (QED) is 0.574. The van der Waals surface area contributed by atoms with Gasteiger partial charge in [0.15, 0.2) is 11.2 Å². The zero-order valence-electron chi connectivity index (χ0n) is 15.7. The number of hydrogen-bond acceptors (Lipinski definition) is 8. The number of aromatic nitrogens is 5. The molecule has 1 aliphatic rings. The Morgan fingerprint density at radius 3 is 2.79 bits per heavy atom. The number of aliphatic imine (C=N–C) groups is 1. The van der Waals surface area contributed by atoms with Gasteiger partial charge in [-0.15, -0.1) is 5.10 Å². The van der Waals surface area contributed by atoms with Crippen LogP contribution in [0.3, 0.4) is 0 Å². The minimum atomic E-state index is 0.247. The molecule has 0 unspecified atom stereocenters. The predicted octanol–water partition coefficient (Wildman–Crippen LogP) is 1.50. The molecule has 0 amide bonds. The molecule has 0 aliphatic heterocycles. The molecule has 9 nitrogen and oxygen atoms in total. The fraction of sp³-hybridized carbons (Fsp3) is 0.316. The van der Waals surface area contributed by atoms with E-state index in [1.54, 1.807) is 24.1 Å². The highest BCUT2D eigenvalue weighted by Gasteiger charge is 2.22. The fourth-order valence-corrected chi connectivity index (χ4v) is 3.45. The van der Waals surface area contributed by atoms with Gasteiger partial charge in [0.25, 0.3) is 0 Å². The molecule has 3 aromatic rings. The molecular weight excluding hydrogens is 354 g/mol. The van der Waals surface area contributed by atoms with Crippen molar-refractivity contribution in [1.29, 1.82) is 0 Å². The molecule has 0 radical (unpaired) electrons. The van der Waals surface area contributed by atoms with Crippen LogP contribution in [0.15, 0.2) is 41.7 Å². The summed E-state index contributed by atoms with van der Waals surface area (Å²) in [4.78, 5) is 13.0. The monoisotopic (exact) mass is 377 g/mol. The second-order valence-electron chi connectivity index (χ2n) is 6.87. The van der Waals surface area contributed by atoms with Gasteiger partial charge >= 0.3 is 0 Å². The third-order valence-electron chi connectivity index (χ3n) is 4.89. The molecule has 5 N–H and O–H groups in total. The third-order valence-corrected chi connectivity index (χ3v) is 4.89. The summed E-state index contributed by atoms with van der Waals surface area (Å²) in [5.74, 6) is 0.569. The Kier molecular flexibility index (Phi) is 4.98. The molecule has 2 atom stereocenters. The summed E-state index contributed by atoms with van der Waals surface area (Å²) >= 11 is 0. The summed E-state index contributed by atoms with van der Waals surface area (Å²) in [5, 5.41) is 11.8. The number of hydrogen-bond donors (Lipinski definition) is 3. The largest absolute Gasteiger partial charge is 0.404 e. The van der Waals surface area contributed by atoms with Crippen LogP contribution in [0.25, 0.3) is 22.4 Å². The molecule has 0 spiro atoms. The van der Waals surface area contributed by atoms with Crippen LogP contribution in [0.2, 0.25) is 0 Å². The molecule has 1 fully saturated rings. The van der Waals surface area contributed by atoms with Gasteiger partial charge in [0, 0.05) is 37.1 Å². The molecule has 1 aromatic carbocycles. The molecule has 28 heavy (non-hydrogen) atoms. The lowest BCUT2D eigenvalue weighted by Gasteiger charge is -2.12. The number of rotatable bonds is 5. The maximum absolute atomic E-state index is 5.99. The van der Waals surface area contributed by atoms with Crippen molar-refractivity contribution in [3.63, 3.8) is 0 Å². The van der Waals surface area contributed by atoms with Crippen LogP contribution in [0, 0.1) is 0 Å². The van der Waals surface area contributed by atoms with E-state index < -0.39 is 0 Å². The van der Waals surface area contributed by atoms with Crippen molar-refractivity contribution in [3.05, 3.63) is 42.2 Å². The Balaban J connectivity index is 1.62. The van der Waals surface area contributed by atoms with Gasteiger partial charge in [-0.1, -0.05) is 17.3 Å². The van der Waals surface area contributed by atoms with Gasteiger partial charge in [-0.3, -0.25) is 4.99 Å². The number of nitrogens with two attached hydrogens (primary N) is 2. The molecule has 1 aliphatic carbocycles. The zero-order valence-corrected chi connectivity index (χ0v) is 15.7. The third kappa shape index (κ3) is 3.56. The highest BCUT2D eigenvalue weighted by atomic mass is 15.4. The van der Waals surface area contributed by atoms with Crippen LogP contribution in [-0.4, -0.2) is 50.3 Å². The Labute approximate surface area is 162 Å². The predicted molar refractivity (Wildman–Crippen MR) is 110 cm³/mol. The maximum Gasteiger partial charge on any atom is 0.225 e. The number of nitrogens with zero attached hydrogens (tertiary/aromatic N) is 6. The van der Waals surface area contributed by atoms with Crippen molar-refractivity contribution in [2.45, 2.75) is 31.3 Å². The standard InChI is InChI=1S/C19H23N9/c1-22-10-13(9-20)12-2-6-16(7-3-12)28-18-17(26-27-28)11-23-19(25-18)24-15-5-4-14(21)8-15/h2-3,6-7,9-11,14-15H,4-5,8,20-21H2,1H3,(H,23,24,25)/t14-,15+/m0/s1. The van der Waals surface area contributed by atoms with Gasteiger partial charge < -0.3 is 16.8 Å². The topological polar surface area (TPSA) is 133 Å². The van der Waals surface area contributed by atoms with Gasteiger partial charge in [0.2, 0.25) is 5.95 Å². The van der Waals surface area contributed by atoms with Crippen LogP contribution in [0.1, 0.15) is 24.8 Å². The lowest BCUT2D eigenvalue weighted by Crippen LogP contribution is -2.21. The van der Waals surface area contributed by atoms with Gasteiger partial charge in [0.05, 0.1) is 11.9 Å². The van der Waals surface area contributed by atoms with E-state index >= 15 is 0 Å². The van der Waals surface area contributed by atoms with E-state index in [0.717, 1.165) is 36.1 Å². The normalized spacial score (nSPS) is 20.3. The Bertz CT molecular complexity index is 1020. The van der Waals surface area contributed by atoms with Crippen LogP contribution in [0.5, 0.6) is 0 Å². The Hall–Kier alpha value is -3.33. The fourth-order valence-electron chi connectivity index (χ4n) is 3.45. The van der Waals surface area contributed by atoms with E-state index in [4.69, 9.17) is 11.5 Å². The van der Waals surface area contributed by atoms with Crippen LogP contribution >= 0.6 is 0 Å². The van der Waals surface area contributed by atoms with E-state index in [1.807, 2.05) is 24.3 Å². The summed E-state index contributed by atoms with van der Waals surface area (Å²) in [6, 6.07) is 8.37. The first-order chi connectivity index (χ1) is 13.7. The van der Waals surface area contributed by atoms with Gasteiger partial charge in [-0.2, -0.15) is 9.67 Å². The number of anilines is 1. The summed E-state index contributed by atoms with van der Waals surface area (Å²) in [7, 11) is 1.71. The van der Waals surface area contributed by atoms with Crippen LogP contribution in [0.4, 0.5) is 5.95 Å². The first-order valence-electron chi connectivity index (χ1n) is 9.23. The van der Waals surface area contributed by atoms with E-state index in [1.165, 1.54) is 6.20 Å². The summed E-state index contributed by atoms with van der Waals surface area (Å²) in [6.07, 6.45) is 7.92. The SMILES string of the molecule is CN=CC(=CN)c1ccc(-n2nnc3cnc(N[C@@H]4CC[C@H](N)C4)nc32)cc1. The number of allylic oxidation sites excluding steroid dienone is 1. The minimum Gasteiger partial charge on any atom is -0.404 e. The average Bonchev–Trinajstić information content (AvgIpc) is 3.32. The Morgan fingerprint density at radius 1 is 1.29 bits per heavy atom. The molecule has 0 saturated heterocycles. The molecule has 4 rings (SSSR count). The molecule has 144 valence electrons. The average molecular weight is 377 g/mol. The lowest BCUT2D eigenvalue weighted by atomic mass is 10.1. The van der Waals surface area contributed by atoms with Crippen molar-refractivity contribution >= 4 is 28.9 Å². The van der Waals surface area contributed by atoms with Crippen LogP contribution in [-0.2, 0) is 0 Å². The highest BCUT2D eigenvalue weighted by Crippen LogP contribution is 2.22. The van der Waals surface area contributed by atoms with Crippen molar-refractivity contribution in [2.75, 3.05) is 12.4 Å². The first kappa shape index (κ1) is 18.1. The second-order valence-corrected chi connectivity index (χ2v) is 6.87. The summed E-state index contributed by atoms with van der Waals surface area (Å²) < 4.78 is 1.70. The Morgan fingerprint density at radius 2 is 2.11 bits per heavy atom. The highest BCUT2D eigenvalue weighted by molar-refractivity contribution is 6.09. The molecule has 0 bridgehead atoms. The van der Waals surface area contributed by atoms with E-state index in [0.29, 0.717) is 23.2 Å². The van der Waals surface area contributed by atoms with E-state index in [-0.39, 0.29) is 6.04 Å². The van der Waals surface area contributed by atoms with Crippen LogP contribution < -0.4 is 16.8 Å². The molecular formula is C19H23N9. The number of fused-ring (bicyclic) bond motifs is 1. The lowest BCUT2D eigenvalue weighted by molar-refractivity contribution is 0.685. The molecule has 2 aromatic heterocycles.